The molecule has 43 heavy (non-hydrogen) atoms. The Labute approximate surface area is 259 Å². The normalized spacial score (nSPS) is 51.7. The Morgan fingerprint density at radius 1 is 1.02 bits per heavy atom. The van der Waals surface area contributed by atoms with Crippen molar-refractivity contribution in [1.29, 1.82) is 0 Å². The second-order valence-corrected chi connectivity index (χ2v) is 17.1. The standard InChI is InChI=1S/C36H56N4O3/c1-21-7-12-36(38-16-21)22(2)33-30(43-36)14-29-27-6-5-25-13-26(8-10-34(25,3)28(27)9-11-35(29,33)4)39-31(41)15-32(42)40-19-23-17-37-18-24(23)20-40/h5,21-24,26-30,33,37-38H,6-20H2,1-4H3,(H,39,41)/t21-,22+,23?,24?,26?,27-,28+,29+,30+,33+,34+,35+,36-/m1/s1. The van der Waals surface area contributed by atoms with Crippen LogP contribution in [0.3, 0.4) is 0 Å². The topological polar surface area (TPSA) is 82.7 Å². The molecule has 2 amide bonds. The highest BCUT2D eigenvalue weighted by Gasteiger charge is 2.68. The van der Waals surface area contributed by atoms with Crippen molar-refractivity contribution < 1.29 is 14.3 Å². The number of rotatable bonds is 3. The number of carbonyl (C=O) groups excluding carboxylic acids is 2. The molecule has 3 saturated carbocycles. The molecule has 0 aromatic carbocycles. The highest BCUT2D eigenvalue weighted by atomic mass is 16.5. The molecule has 4 aliphatic heterocycles. The summed E-state index contributed by atoms with van der Waals surface area (Å²) < 4.78 is 7.08. The number of nitrogens with one attached hydrogen (secondary N) is 3. The summed E-state index contributed by atoms with van der Waals surface area (Å²) in [5.41, 5.74) is 2.12. The molecule has 4 aliphatic carbocycles. The van der Waals surface area contributed by atoms with Crippen molar-refractivity contribution in [2.75, 3.05) is 32.7 Å². The summed E-state index contributed by atoms with van der Waals surface area (Å²) in [5.74, 6) is 5.31. The molecule has 4 saturated heterocycles. The van der Waals surface area contributed by atoms with Gasteiger partial charge in [0.2, 0.25) is 11.8 Å². The molecular weight excluding hydrogens is 536 g/mol. The van der Waals surface area contributed by atoms with Crippen LogP contribution in [0.5, 0.6) is 0 Å². The molecule has 8 aliphatic rings. The second kappa shape index (κ2) is 10.3. The van der Waals surface area contributed by atoms with Crippen LogP contribution in [0.4, 0.5) is 0 Å². The van der Waals surface area contributed by atoms with E-state index in [1.807, 2.05) is 4.90 Å². The van der Waals surface area contributed by atoms with Crippen molar-refractivity contribution >= 4 is 11.8 Å². The van der Waals surface area contributed by atoms with Gasteiger partial charge in [-0.25, -0.2) is 0 Å². The fourth-order valence-corrected chi connectivity index (χ4v) is 12.6. The summed E-state index contributed by atoms with van der Waals surface area (Å²) in [5, 5.41) is 10.6. The third kappa shape index (κ3) is 4.44. The predicted molar refractivity (Wildman–Crippen MR) is 167 cm³/mol. The summed E-state index contributed by atoms with van der Waals surface area (Å²) in [7, 11) is 0. The van der Waals surface area contributed by atoms with Crippen LogP contribution < -0.4 is 16.0 Å². The summed E-state index contributed by atoms with van der Waals surface area (Å²) in [6.07, 6.45) is 13.7. The lowest BCUT2D eigenvalue weighted by molar-refractivity contribution is -0.135. The van der Waals surface area contributed by atoms with Crippen molar-refractivity contribution in [3.8, 4) is 0 Å². The number of hydrogen-bond acceptors (Lipinski definition) is 5. The number of amides is 2. The van der Waals surface area contributed by atoms with Crippen molar-refractivity contribution in [3.63, 3.8) is 0 Å². The van der Waals surface area contributed by atoms with Gasteiger partial charge in [-0.3, -0.25) is 14.9 Å². The van der Waals surface area contributed by atoms with Gasteiger partial charge in [0.15, 0.2) is 0 Å². The molecule has 3 N–H and O–H groups in total. The van der Waals surface area contributed by atoms with E-state index in [1.165, 1.54) is 38.5 Å². The number of fused-ring (bicyclic) bond motifs is 8. The molecule has 8 rings (SSSR count). The maximum Gasteiger partial charge on any atom is 0.232 e. The third-order valence-electron chi connectivity index (χ3n) is 15.0. The van der Waals surface area contributed by atoms with Gasteiger partial charge in [-0.15, -0.1) is 0 Å². The molecule has 1 spiro atoms. The molecule has 0 bridgehead atoms. The van der Waals surface area contributed by atoms with Gasteiger partial charge >= 0.3 is 0 Å². The first-order valence-corrected chi connectivity index (χ1v) is 18.0. The molecule has 3 unspecified atom stereocenters. The van der Waals surface area contributed by atoms with Crippen molar-refractivity contribution in [2.45, 2.75) is 110 Å². The largest absolute Gasteiger partial charge is 0.357 e. The zero-order valence-electron chi connectivity index (χ0n) is 27.1. The molecule has 7 nitrogen and oxygen atoms in total. The summed E-state index contributed by atoms with van der Waals surface area (Å²) in [6, 6.07) is 0.161. The Morgan fingerprint density at radius 2 is 1.81 bits per heavy atom. The van der Waals surface area contributed by atoms with E-state index in [0.717, 1.165) is 75.7 Å². The fourth-order valence-electron chi connectivity index (χ4n) is 12.6. The van der Waals surface area contributed by atoms with Gasteiger partial charge in [0.1, 0.15) is 12.1 Å². The number of hydrogen-bond donors (Lipinski definition) is 3. The maximum absolute atomic E-state index is 13.0. The Morgan fingerprint density at radius 3 is 2.56 bits per heavy atom. The van der Waals surface area contributed by atoms with Crippen molar-refractivity contribution in [1.82, 2.24) is 20.9 Å². The second-order valence-electron chi connectivity index (χ2n) is 17.1. The molecule has 13 atom stereocenters. The number of nitrogens with zero attached hydrogens (tertiary/aromatic N) is 1. The van der Waals surface area contributed by atoms with Crippen LogP contribution in [0, 0.1) is 58.2 Å². The molecule has 0 radical (unpaired) electrons. The molecule has 238 valence electrons. The molecule has 7 heteroatoms. The van der Waals surface area contributed by atoms with Crippen LogP contribution in [0.25, 0.3) is 0 Å². The molecule has 4 heterocycles. The smallest absolute Gasteiger partial charge is 0.232 e. The van der Waals surface area contributed by atoms with Crippen LogP contribution in [0.2, 0.25) is 0 Å². The van der Waals surface area contributed by atoms with Crippen LogP contribution in [-0.4, -0.2) is 67.3 Å². The van der Waals surface area contributed by atoms with E-state index in [1.54, 1.807) is 5.57 Å². The highest BCUT2D eigenvalue weighted by molar-refractivity contribution is 5.97. The third-order valence-corrected chi connectivity index (χ3v) is 15.0. The first kappa shape index (κ1) is 29.0. The van der Waals surface area contributed by atoms with Gasteiger partial charge in [0, 0.05) is 44.7 Å². The average Bonchev–Trinajstić information content (AvgIpc) is 3.71. The first-order valence-electron chi connectivity index (χ1n) is 18.0. The maximum atomic E-state index is 13.0. The lowest BCUT2D eigenvalue weighted by Gasteiger charge is -2.58. The van der Waals surface area contributed by atoms with Crippen molar-refractivity contribution in [3.05, 3.63) is 11.6 Å². The quantitative estimate of drug-likeness (QED) is 0.333. The van der Waals surface area contributed by atoms with Crippen LogP contribution in [0.1, 0.15) is 91.9 Å². The lowest BCUT2D eigenvalue weighted by atomic mass is 9.46. The zero-order valence-corrected chi connectivity index (χ0v) is 27.1. The van der Waals surface area contributed by atoms with E-state index in [2.05, 4.69) is 49.7 Å². The number of piperidine rings is 1. The highest BCUT2D eigenvalue weighted by Crippen LogP contribution is 2.70. The minimum atomic E-state index is -0.0866. The zero-order chi connectivity index (χ0) is 29.7. The summed E-state index contributed by atoms with van der Waals surface area (Å²) >= 11 is 0. The van der Waals surface area contributed by atoms with Gasteiger partial charge in [-0.05, 0) is 110 Å². The van der Waals surface area contributed by atoms with Crippen LogP contribution in [-0.2, 0) is 14.3 Å². The lowest BCUT2D eigenvalue weighted by Crippen LogP contribution is -2.57. The van der Waals surface area contributed by atoms with E-state index < -0.39 is 0 Å². The fraction of sp³-hybridized carbons (Fsp3) is 0.889. The first-order chi connectivity index (χ1) is 20.6. The number of likely N-dealkylation sites (tertiary alicyclic amines) is 1. The van der Waals surface area contributed by atoms with Gasteiger partial charge in [0.25, 0.3) is 0 Å². The summed E-state index contributed by atoms with van der Waals surface area (Å²) in [4.78, 5) is 27.8. The molecule has 0 aromatic rings. The summed E-state index contributed by atoms with van der Waals surface area (Å²) in [6.45, 7) is 14.8. The van der Waals surface area contributed by atoms with E-state index in [0.29, 0.717) is 35.2 Å². The molecular formula is C36H56N4O3. The van der Waals surface area contributed by atoms with E-state index in [9.17, 15) is 9.59 Å². The minimum absolute atomic E-state index is 0.00328. The Kier molecular flexibility index (Phi) is 6.94. The Hall–Kier alpha value is -1.44. The average molecular weight is 593 g/mol. The van der Waals surface area contributed by atoms with Gasteiger partial charge in [-0.2, -0.15) is 0 Å². The van der Waals surface area contributed by atoms with Crippen LogP contribution in [0.15, 0.2) is 11.6 Å². The monoisotopic (exact) mass is 592 g/mol. The van der Waals surface area contributed by atoms with Gasteiger partial charge < -0.3 is 20.3 Å². The molecule has 0 aromatic heterocycles. The van der Waals surface area contributed by atoms with Crippen LogP contribution >= 0.6 is 0 Å². The van der Waals surface area contributed by atoms with Gasteiger partial charge in [0.05, 0.1) is 6.10 Å². The van der Waals surface area contributed by atoms with E-state index >= 15 is 0 Å². The Balaban J connectivity index is 0.910. The Bertz CT molecular complexity index is 1170. The minimum Gasteiger partial charge on any atom is -0.357 e. The van der Waals surface area contributed by atoms with Gasteiger partial charge in [-0.1, -0.05) is 39.3 Å². The SMILES string of the molecule is C[C@@H]1CC[C@@]2(NC1)O[C@H]1C[C@H]3[C@@H]4CC=C5CC(NC(=O)CC(=O)N6CC7CNCC7C6)CC[C@]5(C)[C@H]4CC[C@]3(C)[C@H]1[C@@H]2C. The van der Waals surface area contributed by atoms with E-state index in [-0.39, 0.29) is 35.4 Å². The number of ether oxygens (including phenoxy) is 1. The number of carbonyl (C=O) groups is 2. The number of allylic oxidation sites excluding steroid dienone is 1. The predicted octanol–water partition coefficient (Wildman–Crippen LogP) is 4.48. The molecule has 7 fully saturated rings. The van der Waals surface area contributed by atoms with Crippen molar-refractivity contribution in [2.24, 2.45) is 58.2 Å². The van der Waals surface area contributed by atoms with E-state index in [4.69, 9.17) is 4.74 Å².